The first-order valence-electron chi connectivity index (χ1n) is 8.45. The Morgan fingerprint density at radius 3 is 2.56 bits per heavy atom. The maximum absolute atomic E-state index is 13.1. The normalized spacial score (nSPS) is 12.1. The van der Waals surface area contributed by atoms with Crippen LogP contribution in [-0.2, 0) is 11.2 Å². The maximum atomic E-state index is 13.1. The number of halogens is 2. The van der Waals surface area contributed by atoms with Crippen LogP contribution in [0.2, 0.25) is 0 Å². The molecule has 0 spiro atoms. The van der Waals surface area contributed by atoms with Crippen molar-refractivity contribution in [1.82, 2.24) is 16.0 Å². The summed E-state index contributed by atoms with van der Waals surface area (Å²) in [6.07, 6.45) is 2.11. The molecule has 7 heteroatoms. The average Bonchev–Trinajstić information content (AvgIpc) is 2.55. The third-order valence-electron chi connectivity index (χ3n) is 3.88. The zero-order chi connectivity index (χ0) is 17.9. The molecule has 1 unspecified atom stereocenters. The number of aliphatic imine (C=N–C) groups is 1. The number of rotatable bonds is 8. The minimum atomic E-state index is -0.211. The number of hydrogen-bond donors (Lipinski definition) is 3. The molecule has 0 aliphatic rings. The molecule has 0 bridgehead atoms. The number of guanidine groups is 1. The van der Waals surface area contributed by atoms with Gasteiger partial charge in [-0.25, -0.2) is 4.39 Å². The van der Waals surface area contributed by atoms with Gasteiger partial charge in [0.15, 0.2) is 5.96 Å². The summed E-state index contributed by atoms with van der Waals surface area (Å²) in [4.78, 5) is 15.8. The van der Waals surface area contributed by atoms with Gasteiger partial charge in [0.05, 0.1) is 0 Å². The average molecular weight is 464 g/mol. The Morgan fingerprint density at radius 2 is 1.96 bits per heavy atom. The molecule has 142 valence electrons. The number of nitrogens with one attached hydrogen (secondary N) is 3. The Kier molecular flexibility index (Phi) is 12.2. The molecule has 1 atom stereocenters. The molecule has 1 rings (SSSR count). The van der Waals surface area contributed by atoms with Gasteiger partial charge in [-0.15, -0.1) is 24.0 Å². The van der Waals surface area contributed by atoms with Crippen molar-refractivity contribution in [3.63, 3.8) is 0 Å². The van der Waals surface area contributed by atoms with Crippen molar-refractivity contribution in [3.05, 3.63) is 35.1 Å². The van der Waals surface area contributed by atoms with Gasteiger partial charge in [0.1, 0.15) is 5.82 Å². The zero-order valence-corrected chi connectivity index (χ0v) is 17.8. The Labute approximate surface area is 167 Å². The van der Waals surface area contributed by atoms with Crippen LogP contribution in [0.3, 0.4) is 0 Å². The zero-order valence-electron chi connectivity index (χ0n) is 15.5. The smallest absolute Gasteiger partial charge is 0.221 e. The topological polar surface area (TPSA) is 65.5 Å². The molecule has 3 N–H and O–H groups in total. The molecule has 25 heavy (non-hydrogen) atoms. The molecule has 0 saturated carbocycles. The molecule has 1 aromatic carbocycles. The van der Waals surface area contributed by atoms with Crippen LogP contribution >= 0.6 is 24.0 Å². The Morgan fingerprint density at radius 1 is 1.28 bits per heavy atom. The predicted octanol–water partition coefficient (Wildman–Crippen LogP) is 2.76. The molecule has 1 amide bonds. The lowest BCUT2D eigenvalue weighted by atomic mass is 10.1. The van der Waals surface area contributed by atoms with E-state index in [0.29, 0.717) is 25.5 Å². The summed E-state index contributed by atoms with van der Waals surface area (Å²) in [5, 5.41) is 9.25. The van der Waals surface area contributed by atoms with E-state index in [1.165, 1.54) is 12.1 Å². The van der Waals surface area contributed by atoms with E-state index in [2.05, 4.69) is 20.9 Å². The van der Waals surface area contributed by atoms with E-state index < -0.39 is 0 Å². The van der Waals surface area contributed by atoms with E-state index in [1.807, 2.05) is 26.8 Å². The van der Waals surface area contributed by atoms with Crippen molar-refractivity contribution in [2.24, 2.45) is 4.99 Å². The highest BCUT2D eigenvalue weighted by Gasteiger charge is 2.06. The van der Waals surface area contributed by atoms with Gasteiger partial charge in [-0.3, -0.25) is 9.79 Å². The Hall–Kier alpha value is -1.38. The highest BCUT2D eigenvalue weighted by atomic mass is 127. The van der Waals surface area contributed by atoms with E-state index in [9.17, 15) is 9.18 Å². The molecule has 0 radical (unpaired) electrons. The van der Waals surface area contributed by atoms with Crippen LogP contribution in [0.4, 0.5) is 4.39 Å². The lowest BCUT2D eigenvalue weighted by Crippen LogP contribution is -2.41. The molecular weight excluding hydrogens is 434 g/mol. The molecule has 0 aromatic heterocycles. The molecule has 5 nitrogen and oxygen atoms in total. The number of hydrogen-bond acceptors (Lipinski definition) is 2. The van der Waals surface area contributed by atoms with Gasteiger partial charge in [-0.1, -0.05) is 13.0 Å². The van der Waals surface area contributed by atoms with E-state index >= 15 is 0 Å². The first-order chi connectivity index (χ1) is 11.5. The second-order valence-corrected chi connectivity index (χ2v) is 5.87. The van der Waals surface area contributed by atoms with E-state index in [-0.39, 0.29) is 41.7 Å². The number of amides is 1. The van der Waals surface area contributed by atoms with Crippen LogP contribution in [0.15, 0.2) is 23.2 Å². The largest absolute Gasteiger partial charge is 0.356 e. The molecule has 0 fully saturated rings. The van der Waals surface area contributed by atoms with Crippen molar-refractivity contribution < 1.29 is 9.18 Å². The van der Waals surface area contributed by atoms with Crippen LogP contribution in [0, 0.1) is 12.7 Å². The number of nitrogens with zero attached hydrogens (tertiary/aromatic N) is 1. The maximum Gasteiger partial charge on any atom is 0.221 e. The van der Waals surface area contributed by atoms with Crippen molar-refractivity contribution in [1.29, 1.82) is 0 Å². The fraction of sp³-hybridized carbons (Fsp3) is 0.556. The van der Waals surface area contributed by atoms with E-state index in [1.54, 1.807) is 7.05 Å². The van der Waals surface area contributed by atoms with Crippen molar-refractivity contribution >= 4 is 35.8 Å². The summed E-state index contributed by atoms with van der Waals surface area (Å²) in [7, 11) is 1.69. The summed E-state index contributed by atoms with van der Waals surface area (Å²) in [5.41, 5.74) is 2.05. The minimum Gasteiger partial charge on any atom is -0.356 e. The van der Waals surface area contributed by atoms with Crippen LogP contribution in [0.25, 0.3) is 0 Å². The fourth-order valence-electron chi connectivity index (χ4n) is 2.22. The second-order valence-electron chi connectivity index (χ2n) is 5.87. The van der Waals surface area contributed by atoms with Crippen LogP contribution in [0.5, 0.6) is 0 Å². The summed E-state index contributed by atoms with van der Waals surface area (Å²) in [6.45, 7) is 7.14. The Bertz CT molecular complexity index is 566. The number of carbonyl (C=O) groups excluding carboxylic acids is 1. The molecular formula is C18H30FIN4O. The summed E-state index contributed by atoms with van der Waals surface area (Å²) >= 11 is 0. The van der Waals surface area contributed by atoms with Crippen LogP contribution < -0.4 is 16.0 Å². The Balaban J connectivity index is 0.00000576. The van der Waals surface area contributed by atoms with Crippen molar-refractivity contribution in [3.8, 4) is 0 Å². The van der Waals surface area contributed by atoms with Gasteiger partial charge < -0.3 is 16.0 Å². The van der Waals surface area contributed by atoms with Gasteiger partial charge in [-0.2, -0.15) is 0 Å². The lowest BCUT2D eigenvalue weighted by Gasteiger charge is -2.14. The quantitative estimate of drug-likeness (QED) is 0.315. The molecule has 0 saturated heterocycles. The monoisotopic (exact) mass is 464 g/mol. The minimum absolute atomic E-state index is 0. The third kappa shape index (κ3) is 9.62. The van der Waals surface area contributed by atoms with Gasteiger partial charge in [0.25, 0.3) is 0 Å². The molecule has 0 heterocycles. The molecule has 0 aliphatic carbocycles. The number of carbonyl (C=O) groups is 1. The van der Waals surface area contributed by atoms with Crippen molar-refractivity contribution in [2.75, 3.05) is 20.1 Å². The molecule has 0 aliphatic heterocycles. The van der Waals surface area contributed by atoms with Crippen molar-refractivity contribution in [2.45, 2.75) is 46.1 Å². The van der Waals surface area contributed by atoms with Gasteiger partial charge in [0, 0.05) is 32.6 Å². The number of aryl methyl sites for hydroxylation is 1. The summed E-state index contributed by atoms with van der Waals surface area (Å²) in [5.74, 6) is 0.484. The second kappa shape index (κ2) is 12.9. The lowest BCUT2D eigenvalue weighted by molar-refractivity contribution is -0.121. The van der Waals surface area contributed by atoms with Gasteiger partial charge >= 0.3 is 0 Å². The summed E-state index contributed by atoms with van der Waals surface area (Å²) < 4.78 is 13.1. The molecule has 1 aromatic rings. The first-order valence-corrected chi connectivity index (χ1v) is 8.45. The third-order valence-corrected chi connectivity index (χ3v) is 3.88. The summed E-state index contributed by atoms with van der Waals surface area (Å²) in [6, 6.07) is 5.03. The SMILES string of the molecule is CCC(C)NC(=O)CCNC(=NC)NCCc1ccc(F)cc1C.I. The van der Waals surface area contributed by atoms with Gasteiger partial charge in [-0.05, 0) is 49.9 Å². The highest BCUT2D eigenvalue weighted by molar-refractivity contribution is 14.0. The van der Waals surface area contributed by atoms with E-state index in [0.717, 1.165) is 24.0 Å². The van der Waals surface area contributed by atoms with Crippen LogP contribution in [-0.4, -0.2) is 38.0 Å². The van der Waals surface area contributed by atoms with Gasteiger partial charge in [0.2, 0.25) is 5.91 Å². The first kappa shape index (κ1) is 23.6. The van der Waals surface area contributed by atoms with Crippen LogP contribution in [0.1, 0.15) is 37.8 Å². The highest BCUT2D eigenvalue weighted by Crippen LogP contribution is 2.10. The van der Waals surface area contributed by atoms with E-state index in [4.69, 9.17) is 0 Å². The number of benzene rings is 1. The predicted molar refractivity (Wildman–Crippen MR) is 112 cm³/mol. The standard InChI is InChI=1S/C18H29FN4O.HI/c1-5-14(3)23-17(24)9-11-22-18(20-4)21-10-8-15-6-7-16(19)12-13(15)2;/h6-7,12,14H,5,8-11H2,1-4H3,(H,23,24)(H2,20,21,22);1H. The fourth-order valence-corrected chi connectivity index (χ4v) is 2.22.